The summed E-state index contributed by atoms with van der Waals surface area (Å²) >= 11 is 0. The minimum absolute atomic E-state index is 0.0763. The van der Waals surface area contributed by atoms with Gasteiger partial charge in [-0.2, -0.15) is 0 Å². The Labute approximate surface area is 156 Å². The highest BCUT2D eigenvalue weighted by Crippen LogP contribution is 2.46. The number of benzene rings is 1. The molecule has 26 heavy (non-hydrogen) atoms. The van der Waals surface area contributed by atoms with Crippen molar-refractivity contribution in [1.29, 1.82) is 0 Å². The lowest BCUT2D eigenvalue weighted by Gasteiger charge is -2.40. The van der Waals surface area contributed by atoms with Crippen molar-refractivity contribution >= 4 is 11.7 Å². The molecule has 0 spiro atoms. The molecule has 4 rings (SSSR count). The first-order chi connectivity index (χ1) is 12.5. The normalized spacial score (nSPS) is 36.7. The highest BCUT2D eigenvalue weighted by Gasteiger charge is 2.51. The van der Waals surface area contributed by atoms with Crippen molar-refractivity contribution in [3.63, 3.8) is 0 Å². The van der Waals surface area contributed by atoms with Crippen LogP contribution in [0.5, 0.6) is 0 Å². The lowest BCUT2D eigenvalue weighted by molar-refractivity contribution is -0.195. The quantitative estimate of drug-likeness (QED) is 0.760. The third-order valence-corrected chi connectivity index (χ3v) is 6.70. The van der Waals surface area contributed by atoms with Crippen LogP contribution >= 0.6 is 0 Å². The van der Waals surface area contributed by atoms with Crippen LogP contribution in [0.2, 0.25) is 0 Å². The van der Waals surface area contributed by atoms with Crippen LogP contribution < -0.4 is 4.90 Å². The maximum Gasteiger partial charge on any atom is 0.316 e. The summed E-state index contributed by atoms with van der Waals surface area (Å²) in [5.74, 6) is 1.59. The largest absolute Gasteiger partial charge is 0.435 e. The highest BCUT2D eigenvalue weighted by molar-refractivity contribution is 5.84. The molecule has 2 aliphatic heterocycles. The average Bonchev–Trinajstić information content (AvgIpc) is 2.90. The number of carbonyl (C=O) groups is 1. The maximum absolute atomic E-state index is 12.7. The Morgan fingerprint density at radius 1 is 1.23 bits per heavy atom. The van der Waals surface area contributed by atoms with E-state index < -0.39 is 6.29 Å². The van der Waals surface area contributed by atoms with E-state index in [2.05, 4.69) is 44.9 Å². The summed E-state index contributed by atoms with van der Waals surface area (Å²) in [5, 5.41) is 0. The second-order valence-electron chi connectivity index (χ2n) is 8.89. The molecular formula is C22H31NO3. The van der Waals surface area contributed by atoms with Gasteiger partial charge >= 0.3 is 5.97 Å². The molecule has 1 aromatic rings. The van der Waals surface area contributed by atoms with E-state index in [1.807, 2.05) is 12.1 Å². The van der Waals surface area contributed by atoms with Crippen molar-refractivity contribution < 1.29 is 14.3 Å². The molecule has 0 unspecified atom stereocenters. The number of rotatable bonds is 3. The molecule has 1 saturated carbocycles. The van der Waals surface area contributed by atoms with Crippen molar-refractivity contribution in [2.24, 2.45) is 23.7 Å². The Morgan fingerprint density at radius 2 is 2.00 bits per heavy atom. The fourth-order valence-electron chi connectivity index (χ4n) is 5.24. The van der Waals surface area contributed by atoms with Gasteiger partial charge in [-0.1, -0.05) is 45.4 Å². The van der Waals surface area contributed by atoms with Crippen LogP contribution in [0.25, 0.3) is 0 Å². The minimum atomic E-state index is -0.417. The van der Waals surface area contributed by atoms with Gasteiger partial charge in [0.1, 0.15) is 0 Å². The van der Waals surface area contributed by atoms with Crippen molar-refractivity contribution in [1.82, 2.24) is 0 Å². The van der Waals surface area contributed by atoms with Gasteiger partial charge in [-0.3, -0.25) is 4.79 Å². The van der Waals surface area contributed by atoms with E-state index >= 15 is 0 Å². The molecule has 1 saturated heterocycles. The zero-order valence-electron chi connectivity index (χ0n) is 16.4. The molecule has 0 radical (unpaired) electrons. The van der Waals surface area contributed by atoms with Crippen LogP contribution in [0.1, 0.15) is 51.5 Å². The molecule has 1 aliphatic carbocycles. The number of nitrogens with zero attached hydrogens (tertiary/aromatic N) is 1. The zero-order valence-corrected chi connectivity index (χ0v) is 16.4. The fourth-order valence-corrected chi connectivity index (χ4v) is 5.24. The van der Waals surface area contributed by atoms with Crippen LogP contribution in [0.3, 0.4) is 0 Å². The Morgan fingerprint density at radius 3 is 2.77 bits per heavy atom. The molecule has 6 atom stereocenters. The summed E-state index contributed by atoms with van der Waals surface area (Å²) in [4.78, 5) is 14.9. The molecule has 142 valence electrons. The van der Waals surface area contributed by atoms with Gasteiger partial charge in [-0.15, -0.1) is 0 Å². The summed E-state index contributed by atoms with van der Waals surface area (Å²) < 4.78 is 12.3. The van der Waals surface area contributed by atoms with Crippen molar-refractivity contribution in [3.05, 3.63) is 29.8 Å². The van der Waals surface area contributed by atoms with Gasteiger partial charge < -0.3 is 14.4 Å². The van der Waals surface area contributed by atoms with Crippen molar-refractivity contribution in [2.75, 3.05) is 18.5 Å². The SMILES string of the molecule is CC(C)[C@@H]1CC[C@@H](C)C[C@H]1O[C@@H]1OC(=O)[C@@H]2c3ccccc3N(C)C[C@H]12. The molecular weight excluding hydrogens is 326 g/mol. The molecule has 0 bridgehead atoms. The second-order valence-corrected chi connectivity index (χ2v) is 8.89. The summed E-state index contributed by atoms with van der Waals surface area (Å²) in [6.07, 6.45) is 3.33. The fraction of sp³-hybridized carbons (Fsp3) is 0.682. The monoisotopic (exact) mass is 357 g/mol. The summed E-state index contributed by atoms with van der Waals surface area (Å²) in [7, 11) is 2.09. The average molecular weight is 357 g/mol. The molecule has 2 fully saturated rings. The third kappa shape index (κ3) is 3.02. The number of carbonyl (C=O) groups excluding carboxylic acids is 1. The summed E-state index contributed by atoms with van der Waals surface area (Å²) in [5.41, 5.74) is 2.22. The Kier molecular flexibility index (Phi) is 4.72. The Balaban J connectivity index is 1.57. The highest BCUT2D eigenvalue weighted by atomic mass is 16.7. The number of ether oxygens (including phenoxy) is 2. The number of hydrogen-bond acceptors (Lipinski definition) is 4. The molecule has 0 amide bonds. The first kappa shape index (κ1) is 17.8. The molecule has 1 aromatic carbocycles. The van der Waals surface area contributed by atoms with E-state index in [0.717, 1.165) is 24.2 Å². The van der Waals surface area contributed by atoms with Gasteiger partial charge in [0.25, 0.3) is 0 Å². The third-order valence-electron chi connectivity index (χ3n) is 6.70. The molecule has 0 aromatic heterocycles. The summed E-state index contributed by atoms with van der Waals surface area (Å²) in [6.45, 7) is 7.67. The number of para-hydroxylation sites is 1. The van der Waals surface area contributed by atoms with Gasteiger partial charge in [0.15, 0.2) is 0 Å². The van der Waals surface area contributed by atoms with Crippen molar-refractivity contribution in [2.45, 2.75) is 58.3 Å². The molecule has 4 nitrogen and oxygen atoms in total. The first-order valence-electron chi connectivity index (χ1n) is 10.1. The number of cyclic esters (lactones) is 1. The van der Waals surface area contributed by atoms with Gasteiger partial charge in [-0.25, -0.2) is 0 Å². The van der Waals surface area contributed by atoms with Crippen LogP contribution in [-0.4, -0.2) is 32.0 Å². The predicted molar refractivity (Wildman–Crippen MR) is 102 cm³/mol. The van der Waals surface area contributed by atoms with Gasteiger partial charge in [0.2, 0.25) is 6.29 Å². The standard InChI is InChI=1S/C22H31NO3/c1-13(2)15-10-9-14(3)11-19(15)25-22-17-12-23(4)18-8-6-5-7-16(18)20(17)21(24)26-22/h5-8,13-15,17,19-20,22H,9-12H2,1-4H3/t14-,15+,17+,19-,20-,22-/m1/s1. The topological polar surface area (TPSA) is 38.8 Å². The molecule has 0 N–H and O–H groups in total. The smallest absolute Gasteiger partial charge is 0.316 e. The lowest BCUT2D eigenvalue weighted by Crippen LogP contribution is -2.43. The Hall–Kier alpha value is -1.55. The molecule has 3 aliphatic rings. The zero-order chi connectivity index (χ0) is 18.4. The molecule has 2 heterocycles. The first-order valence-corrected chi connectivity index (χ1v) is 10.1. The van der Waals surface area contributed by atoms with E-state index in [1.54, 1.807) is 0 Å². The van der Waals surface area contributed by atoms with E-state index in [1.165, 1.54) is 12.8 Å². The van der Waals surface area contributed by atoms with E-state index in [-0.39, 0.29) is 23.9 Å². The number of fused-ring (bicyclic) bond motifs is 3. The van der Waals surface area contributed by atoms with Crippen LogP contribution in [0.4, 0.5) is 5.69 Å². The second kappa shape index (κ2) is 6.88. The maximum atomic E-state index is 12.7. The minimum Gasteiger partial charge on any atom is -0.435 e. The van der Waals surface area contributed by atoms with Crippen molar-refractivity contribution in [3.8, 4) is 0 Å². The lowest BCUT2D eigenvalue weighted by atomic mass is 9.75. The molecule has 4 heteroatoms. The van der Waals surface area contributed by atoms with E-state index in [4.69, 9.17) is 9.47 Å². The van der Waals surface area contributed by atoms with Crippen LogP contribution in [0, 0.1) is 23.7 Å². The predicted octanol–water partition coefficient (Wildman–Crippen LogP) is 4.20. The summed E-state index contributed by atoms with van der Waals surface area (Å²) in [6, 6.07) is 8.19. The van der Waals surface area contributed by atoms with Gasteiger partial charge in [0.05, 0.1) is 17.9 Å². The van der Waals surface area contributed by atoms with Crippen LogP contribution in [-0.2, 0) is 14.3 Å². The van der Waals surface area contributed by atoms with Crippen LogP contribution in [0.15, 0.2) is 24.3 Å². The van der Waals surface area contributed by atoms with E-state index in [9.17, 15) is 4.79 Å². The van der Waals surface area contributed by atoms with E-state index in [0.29, 0.717) is 17.8 Å². The Bertz CT molecular complexity index is 673. The van der Waals surface area contributed by atoms with Gasteiger partial charge in [0, 0.05) is 19.3 Å². The number of hydrogen-bond donors (Lipinski definition) is 0. The van der Waals surface area contributed by atoms with Gasteiger partial charge in [-0.05, 0) is 42.2 Å². The number of esters is 1. The number of anilines is 1.